The van der Waals surface area contributed by atoms with Crippen molar-refractivity contribution in [1.82, 2.24) is 10.6 Å². The van der Waals surface area contributed by atoms with Crippen molar-refractivity contribution in [3.05, 3.63) is 0 Å². The number of hydrogen-bond acceptors (Lipinski definition) is 3. The van der Waals surface area contributed by atoms with Crippen molar-refractivity contribution in [2.24, 2.45) is 0 Å². The minimum Gasteiger partial charge on any atom is -0.366 e. The lowest BCUT2D eigenvalue weighted by atomic mass is 9.99. The third-order valence-electron chi connectivity index (χ3n) is 2.55. The molecule has 0 spiro atoms. The van der Waals surface area contributed by atoms with E-state index < -0.39 is 0 Å². The van der Waals surface area contributed by atoms with Gasteiger partial charge in [0.15, 0.2) is 0 Å². The summed E-state index contributed by atoms with van der Waals surface area (Å²) in [6.07, 6.45) is 2.29. The fourth-order valence-corrected chi connectivity index (χ4v) is 1.67. The minimum atomic E-state index is -0.118. The highest BCUT2D eigenvalue weighted by Crippen LogP contribution is 2.10. The third kappa shape index (κ3) is 5.68. The van der Waals surface area contributed by atoms with Crippen LogP contribution in [0.1, 0.15) is 33.6 Å². The molecule has 1 aliphatic heterocycles. The van der Waals surface area contributed by atoms with E-state index in [4.69, 9.17) is 4.74 Å². The number of carbonyl (C=O) groups is 1. The van der Waals surface area contributed by atoms with Crippen molar-refractivity contribution in [3.63, 3.8) is 0 Å². The van der Waals surface area contributed by atoms with Crippen LogP contribution in [0.25, 0.3) is 0 Å². The highest BCUT2D eigenvalue weighted by Gasteiger charge is 2.22. The van der Waals surface area contributed by atoms with Gasteiger partial charge < -0.3 is 15.4 Å². The maximum atomic E-state index is 11.5. The number of carbonyl (C=O) groups excluding carboxylic acids is 1. The summed E-state index contributed by atoms with van der Waals surface area (Å²) < 4.78 is 5.39. The first kappa shape index (κ1) is 15.7. The summed E-state index contributed by atoms with van der Waals surface area (Å²) in [5.74, 6) is -0.0136. The van der Waals surface area contributed by atoms with E-state index >= 15 is 0 Å². The Morgan fingerprint density at radius 2 is 2.12 bits per heavy atom. The summed E-state index contributed by atoms with van der Waals surface area (Å²) in [5.41, 5.74) is -0.118. The molecule has 0 atom stereocenters. The first-order chi connectivity index (χ1) is 7.03. The summed E-state index contributed by atoms with van der Waals surface area (Å²) in [7, 11) is 0. The molecule has 2 N–H and O–H groups in total. The van der Waals surface area contributed by atoms with E-state index in [0.29, 0.717) is 0 Å². The monoisotopic (exact) mass is 250 g/mol. The van der Waals surface area contributed by atoms with Gasteiger partial charge in [-0.3, -0.25) is 4.79 Å². The quantitative estimate of drug-likeness (QED) is 0.742. The van der Waals surface area contributed by atoms with Crippen LogP contribution in [0, 0.1) is 0 Å². The van der Waals surface area contributed by atoms with Crippen molar-refractivity contribution in [2.45, 2.75) is 45.3 Å². The zero-order valence-corrected chi connectivity index (χ0v) is 11.2. The summed E-state index contributed by atoms with van der Waals surface area (Å²) in [6, 6.07) is 0. The molecule has 1 amide bonds. The molecule has 0 bridgehead atoms. The van der Waals surface area contributed by atoms with E-state index in [1.165, 1.54) is 0 Å². The average molecular weight is 251 g/mol. The van der Waals surface area contributed by atoms with Gasteiger partial charge in [0.25, 0.3) is 0 Å². The minimum absolute atomic E-state index is 0. The van der Waals surface area contributed by atoms with Gasteiger partial charge in [-0.1, -0.05) is 13.3 Å². The van der Waals surface area contributed by atoms with Crippen molar-refractivity contribution in [2.75, 3.05) is 19.7 Å². The molecule has 0 radical (unpaired) electrons. The first-order valence-corrected chi connectivity index (χ1v) is 5.67. The summed E-state index contributed by atoms with van der Waals surface area (Å²) in [4.78, 5) is 11.5. The molecule has 96 valence electrons. The van der Waals surface area contributed by atoms with Crippen LogP contribution in [0.5, 0.6) is 0 Å². The topological polar surface area (TPSA) is 50.4 Å². The molecule has 0 saturated carbocycles. The first-order valence-electron chi connectivity index (χ1n) is 5.67. The van der Waals surface area contributed by atoms with Gasteiger partial charge in [-0.25, -0.2) is 0 Å². The molecule has 0 aliphatic carbocycles. The summed E-state index contributed by atoms with van der Waals surface area (Å²) in [5, 5.41) is 6.07. The molecule has 0 aromatic rings. The Balaban J connectivity index is 0.00000225. The van der Waals surface area contributed by atoms with Crippen LogP contribution in [-0.4, -0.2) is 37.2 Å². The van der Waals surface area contributed by atoms with Crippen LogP contribution in [0.2, 0.25) is 0 Å². The molecule has 0 unspecified atom stereocenters. The van der Waals surface area contributed by atoms with Gasteiger partial charge in [0, 0.05) is 18.6 Å². The molecule has 4 nitrogen and oxygen atoms in total. The van der Waals surface area contributed by atoms with Gasteiger partial charge in [0.2, 0.25) is 5.91 Å². The predicted octanol–water partition coefficient (Wildman–Crippen LogP) is 1.09. The molecule has 0 aromatic carbocycles. The molecular weight excluding hydrogens is 228 g/mol. The van der Waals surface area contributed by atoms with Crippen molar-refractivity contribution in [1.29, 1.82) is 0 Å². The lowest BCUT2D eigenvalue weighted by molar-refractivity contribution is -0.130. The lowest BCUT2D eigenvalue weighted by Crippen LogP contribution is -2.51. The number of nitrogens with one attached hydrogen (secondary N) is 2. The smallest absolute Gasteiger partial charge is 0.246 e. The van der Waals surface area contributed by atoms with Crippen molar-refractivity contribution < 1.29 is 9.53 Å². The fraction of sp³-hybridized carbons (Fsp3) is 0.909. The lowest BCUT2D eigenvalue weighted by Gasteiger charge is -2.29. The Morgan fingerprint density at radius 3 is 2.56 bits per heavy atom. The molecule has 1 fully saturated rings. The highest BCUT2D eigenvalue weighted by molar-refractivity contribution is 5.85. The molecule has 16 heavy (non-hydrogen) atoms. The second-order valence-electron chi connectivity index (χ2n) is 4.77. The second-order valence-corrected chi connectivity index (χ2v) is 4.77. The number of hydrogen-bond donors (Lipinski definition) is 2. The van der Waals surface area contributed by atoms with Gasteiger partial charge in [0.1, 0.15) is 6.61 Å². The van der Waals surface area contributed by atoms with Crippen LogP contribution in [0.4, 0.5) is 0 Å². The fourth-order valence-electron chi connectivity index (χ4n) is 1.67. The predicted molar refractivity (Wildman–Crippen MR) is 67.0 cm³/mol. The molecule has 1 aliphatic rings. The Hall–Kier alpha value is -0.320. The van der Waals surface area contributed by atoms with E-state index in [-0.39, 0.29) is 36.6 Å². The van der Waals surface area contributed by atoms with Crippen LogP contribution >= 0.6 is 12.4 Å². The molecule has 5 heteroatoms. The zero-order valence-electron chi connectivity index (χ0n) is 10.3. The average Bonchev–Trinajstić information content (AvgIpc) is 1.99. The van der Waals surface area contributed by atoms with E-state index in [2.05, 4.69) is 17.6 Å². The van der Waals surface area contributed by atoms with Crippen LogP contribution in [-0.2, 0) is 9.53 Å². The largest absolute Gasteiger partial charge is 0.366 e. The van der Waals surface area contributed by atoms with Gasteiger partial charge in [0.05, 0.1) is 6.10 Å². The standard InChI is InChI=1S/C11H22N2O2.ClH/c1-4-5-11(2,3)13-10(14)8-15-9-6-12-7-9;/h9,12H,4-8H2,1-3H3,(H,13,14);1H. The van der Waals surface area contributed by atoms with Gasteiger partial charge in [-0.15, -0.1) is 12.4 Å². The Morgan fingerprint density at radius 1 is 1.50 bits per heavy atom. The maximum Gasteiger partial charge on any atom is 0.246 e. The van der Waals surface area contributed by atoms with Crippen molar-refractivity contribution >= 4 is 18.3 Å². The number of halogens is 1. The van der Waals surface area contributed by atoms with E-state index in [1.54, 1.807) is 0 Å². The molecule has 1 heterocycles. The molecule has 0 aromatic heterocycles. The Kier molecular flexibility index (Phi) is 6.95. The summed E-state index contributed by atoms with van der Waals surface area (Å²) >= 11 is 0. The van der Waals surface area contributed by atoms with Gasteiger partial charge in [-0.2, -0.15) is 0 Å². The maximum absolute atomic E-state index is 11.5. The molecular formula is C11H23ClN2O2. The Bertz CT molecular complexity index is 218. The van der Waals surface area contributed by atoms with Crippen LogP contribution in [0.3, 0.4) is 0 Å². The van der Waals surface area contributed by atoms with E-state index in [9.17, 15) is 4.79 Å². The van der Waals surface area contributed by atoms with E-state index in [0.717, 1.165) is 25.9 Å². The van der Waals surface area contributed by atoms with Crippen LogP contribution in [0.15, 0.2) is 0 Å². The number of amides is 1. The van der Waals surface area contributed by atoms with Crippen molar-refractivity contribution in [3.8, 4) is 0 Å². The summed E-state index contributed by atoms with van der Waals surface area (Å²) in [6.45, 7) is 8.11. The second kappa shape index (κ2) is 7.09. The molecule has 1 saturated heterocycles. The normalized spacial score (nSPS) is 16.2. The van der Waals surface area contributed by atoms with Gasteiger partial charge in [-0.05, 0) is 20.3 Å². The SMILES string of the molecule is CCCC(C)(C)NC(=O)COC1CNC1.Cl. The van der Waals surface area contributed by atoms with E-state index in [1.807, 2.05) is 13.8 Å². The number of rotatable bonds is 6. The Labute approximate surface area is 104 Å². The van der Waals surface area contributed by atoms with Gasteiger partial charge >= 0.3 is 0 Å². The highest BCUT2D eigenvalue weighted by atomic mass is 35.5. The third-order valence-corrected chi connectivity index (χ3v) is 2.55. The molecule has 1 rings (SSSR count). The zero-order chi connectivity index (χ0) is 11.3. The van der Waals surface area contributed by atoms with Crippen LogP contribution < -0.4 is 10.6 Å². The number of ether oxygens (including phenoxy) is 1.